The molecule has 2 aromatic rings. The van der Waals surface area contributed by atoms with Crippen molar-refractivity contribution in [3.05, 3.63) is 50.9 Å². The average Bonchev–Trinajstić information content (AvgIpc) is 2.73. The molecule has 0 aliphatic carbocycles. The van der Waals surface area contributed by atoms with E-state index >= 15 is 0 Å². The van der Waals surface area contributed by atoms with E-state index in [0.29, 0.717) is 6.04 Å². The molecule has 1 atom stereocenters. The van der Waals surface area contributed by atoms with Gasteiger partial charge in [0.1, 0.15) is 0 Å². The number of rotatable bonds is 4. The first-order valence-electron chi connectivity index (χ1n) is 5.11. The maximum atomic E-state index is 4.15. The van der Waals surface area contributed by atoms with Crippen LogP contribution in [-0.2, 0) is 6.42 Å². The third-order valence-electron chi connectivity index (χ3n) is 2.47. The van der Waals surface area contributed by atoms with Crippen LogP contribution < -0.4 is 5.32 Å². The van der Waals surface area contributed by atoms with Gasteiger partial charge in [-0.3, -0.25) is 4.98 Å². The van der Waals surface area contributed by atoms with E-state index in [1.807, 2.05) is 19.3 Å². The molecule has 0 amide bonds. The van der Waals surface area contributed by atoms with E-state index in [2.05, 4.69) is 44.4 Å². The topological polar surface area (TPSA) is 24.9 Å². The lowest BCUT2D eigenvalue weighted by atomic mass is 10.1. The van der Waals surface area contributed by atoms with Gasteiger partial charge in [0.2, 0.25) is 0 Å². The molecule has 0 saturated carbocycles. The molecule has 0 aromatic carbocycles. The molecule has 1 N–H and O–H groups in total. The molecule has 0 saturated heterocycles. The van der Waals surface area contributed by atoms with E-state index in [0.717, 1.165) is 6.42 Å². The number of pyridine rings is 1. The predicted molar refractivity (Wildman–Crippen MR) is 71.8 cm³/mol. The van der Waals surface area contributed by atoms with Gasteiger partial charge in [0, 0.05) is 29.7 Å². The number of hydrogen-bond donors (Lipinski definition) is 1. The highest BCUT2D eigenvalue weighted by Crippen LogP contribution is 2.26. The Hall–Kier alpha value is -0.710. The van der Waals surface area contributed by atoms with Crippen molar-refractivity contribution in [2.75, 3.05) is 7.05 Å². The second-order valence-electron chi connectivity index (χ2n) is 3.54. The molecule has 1 unspecified atom stereocenters. The quantitative estimate of drug-likeness (QED) is 0.935. The number of hydrogen-bond acceptors (Lipinski definition) is 3. The lowest BCUT2D eigenvalue weighted by molar-refractivity contribution is 0.594. The summed E-state index contributed by atoms with van der Waals surface area (Å²) in [6.45, 7) is 0. The minimum atomic E-state index is 0.333. The van der Waals surface area contributed by atoms with Gasteiger partial charge in [-0.15, -0.1) is 11.3 Å². The van der Waals surface area contributed by atoms with Crippen molar-refractivity contribution in [2.45, 2.75) is 12.5 Å². The summed E-state index contributed by atoms with van der Waals surface area (Å²) >= 11 is 5.27. The Morgan fingerprint density at radius 2 is 2.31 bits per heavy atom. The van der Waals surface area contributed by atoms with Gasteiger partial charge >= 0.3 is 0 Å². The molecule has 2 rings (SSSR count). The fourth-order valence-corrected chi connectivity index (χ4v) is 3.16. The van der Waals surface area contributed by atoms with E-state index in [9.17, 15) is 0 Å². The molecule has 0 spiro atoms. The lowest BCUT2D eigenvalue weighted by Crippen LogP contribution is -2.18. The average molecular weight is 297 g/mol. The third kappa shape index (κ3) is 2.90. The monoisotopic (exact) mass is 296 g/mol. The van der Waals surface area contributed by atoms with Crippen LogP contribution in [0.4, 0.5) is 0 Å². The molecule has 0 aliphatic rings. The molecule has 0 bridgehead atoms. The second kappa shape index (κ2) is 5.57. The third-order valence-corrected chi connectivity index (χ3v) is 4.12. The van der Waals surface area contributed by atoms with Crippen molar-refractivity contribution in [3.8, 4) is 0 Å². The molecule has 16 heavy (non-hydrogen) atoms. The lowest BCUT2D eigenvalue weighted by Gasteiger charge is -2.14. The number of halogens is 1. The van der Waals surface area contributed by atoms with Crippen LogP contribution in [0.5, 0.6) is 0 Å². The zero-order valence-corrected chi connectivity index (χ0v) is 11.4. The Kier molecular flexibility index (Phi) is 4.09. The van der Waals surface area contributed by atoms with Gasteiger partial charge in [-0.25, -0.2) is 0 Å². The molecule has 84 valence electrons. The zero-order valence-electron chi connectivity index (χ0n) is 8.98. The molecule has 0 radical (unpaired) electrons. The first-order chi connectivity index (χ1) is 7.79. The van der Waals surface area contributed by atoms with Crippen LogP contribution in [0.25, 0.3) is 0 Å². The fraction of sp³-hybridized carbons (Fsp3) is 0.250. The smallest absolute Gasteiger partial charge is 0.0701 e. The van der Waals surface area contributed by atoms with E-state index in [1.165, 1.54) is 14.2 Å². The summed E-state index contributed by atoms with van der Waals surface area (Å²) in [5.41, 5.74) is 1.23. The summed E-state index contributed by atoms with van der Waals surface area (Å²) in [5.74, 6) is 0. The summed E-state index contributed by atoms with van der Waals surface area (Å²) in [5, 5.41) is 3.33. The van der Waals surface area contributed by atoms with Crippen molar-refractivity contribution < 1.29 is 0 Å². The highest BCUT2D eigenvalue weighted by atomic mass is 79.9. The summed E-state index contributed by atoms with van der Waals surface area (Å²) in [4.78, 5) is 5.52. The van der Waals surface area contributed by atoms with Gasteiger partial charge in [0.15, 0.2) is 0 Å². The Bertz CT molecular complexity index is 441. The summed E-state index contributed by atoms with van der Waals surface area (Å²) in [6.07, 6.45) is 4.72. The van der Waals surface area contributed by atoms with E-state index in [1.54, 1.807) is 17.5 Å². The number of nitrogens with zero attached hydrogens (tertiary/aromatic N) is 1. The van der Waals surface area contributed by atoms with Crippen LogP contribution in [0, 0.1) is 0 Å². The van der Waals surface area contributed by atoms with Gasteiger partial charge in [0.05, 0.1) is 3.79 Å². The largest absolute Gasteiger partial charge is 0.313 e. The molecular formula is C12H13BrN2S. The number of likely N-dealkylation sites (N-methyl/N-ethyl adjacent to an activating group) is 1. The first kappa shape index (κ1) is 11.8. The van der Waals surface area contributed by atoms with Crippen LogP contribution >= 0.6 is 27.3 Å². The Labute approximate surface area is 108 Å². The molecule has 0 aliphatic heterocycles. The molecule has 2 heterocycles. The van der Waals surface area contributed by atoms with Crippen LogP contribution in [0.2, 0.25) is 0 Å². The normalized spacial score (nSPS) is 12.6. The van der Waals surface area contributed by atoms with E-state index in [-0.39, 0.29) is 0 Å². The van der Waals surface area contributed by atoms with E-state index in [4.69, 9.17) is 0 Å². The Morgan fingerprint density at radius 1 is 1.44 bits per heavy atom. The fourth-order valence-electron chi connectivity index (χ4n) is 1.63. The van der Waals surface area contributed by atoms with Crippen molar-refractivity contribution in [1.29, 1.82) is 0 Å². The summed E-state index contributed by atoms with van der Waals surface area (Å²) < 4.78 is 1.18. The first-order valence-corrected chi connectivity index (χ1v) is 6.72. The second-order valence-corrected chi connectivity index (χ2v) is 6.09. The Morgan fingerprint density at radius 3 is 2.88 bits per heavy atom. The Balaban J connectivity index is 2.12. The molecule has 4 heteroatoms. The van der Waals surface area contributed by atoms with Crippen LogP contribution in [0.3, 0.4) is 0 Å². The van der Waals surface area contributed by atoms with Crippen LogP contribution in [-0.4, -0.2) is 12.0 Å². The van der Waals surface area contributed by atoms with Crippen LogP contribution in [0.15, 0.2) is 40.4 Å². The van der Waals surface area contributed by atoms with Crippen LogP contribution in [0.1, 0.15) is 16.5 Å². The summed E-state index contributed by atoms with van der Waals surface area (Å²) in [6, 6.07) is 8.67. The maximum Gasteiger partial charge on any atom is 0.0701 e. The number of thiophene rings is 1. The van der Waals surface area contributed by atoms with Crippen molar-refractivity contribution >= 4 is 27.3 Å². The highest BCUT2D eigenvalue weighted by molar-refractivity contribution is 9.11. The number of aromatic nitrogens is 1. The van der Waals surface area contributed by atoms with Crippen molar-refractivity contribution in [3.63, 3.8) is 0 Å². The standard InChI is InChI=1S/C12H13BrN2S/c1-14-11(9-3-2-6-15-8-9)7-10-4-5-12(13)16-10/h2-6,8,11,14H,7H2,1H3. The predicted octanol–water partition coefficient (Wildman–Crippen LogP) is 3.41. The zero-order chi connectivity index (χ0) is 11.4. The van der Waals surface area contributed by atoms with Gasteiger partial charge in [-0.05, 0) is 46.7 Å². The molecule has 2 aromatic heterocycles. The molecule has 0 fully saturated rings. The summed E-state index contributed by atoms with van der Waals surface area (Å²) in [7, 11) is 1.99. The van der Waals surface area contributed by atoms with Crippen molar-refractivity contribution in [2.24, 2.45) is 0 Å². The SMILES string of the molecule is CNC(Cc1ccc(Br)s1)c1cccnc1. The van der Waals surface area contributed by atoms with Crippen molar-refractivity contribution in [1.82, 2.24) is 10.3 Å². The molecule has 2 nitrogen and oxygen atoms in total. The highest BCUT2D eigenvalue weighted by Gasteiger charge is 2.11. The van der Waals surface area contributed by atoms with Gasteiger partial charge in [-0.2, -0.15) is 0 Å². The minimum Gasteiger partial charge on any atom is -0.313 e. The van der Waals surface area contributed by atoms with Gasteiger partial charge in [0.25, 0.3) is 0 Å². The van der Waals surface area contributed by atoms with Gasteiger partial charge in [-0.1, -0.05) is 6.07 Å². The minimum absolute atomic E-state index is 0.333. The maximum absolute atomic E-state index is 4.15. The molecular weight excluding hydrogens is 284 g/mol. The van der Waals surface area contributed by atoms with E-state index < -0.39 is 0 Å². The number of nitrogens with one attached hydrogen (secondary N) is 1. The van der Waals surface area contributed by atoms with Gasteiger partial charge < -0.3 is 5.32 Å².